The fraction of sp³-hybridized carbons (Fsp3) is 0. The van der Waals surface area contributed by atoms with E-state index >= 15 is 0 Å². The van der Waals surface area contributed by atoms with E-state index in [4.69, 9.17) is 0 Å². The minimum absolute atomic E-state index is 1.08. The number of rotatable bonds is 8. The highest BCUT2D eigenvalue weighted by atomic mass is 15.1. The van der Waals surface area contributed by atoms with Gasteiger partial charge in [-0.2, -0.15) is 0 Å². The van der Waals surface area contributed by atoms with Crippen molar-refractivity contribution in [2.45, 2.75) is 0 Å². The number of hydrogen-bond acceptors (Lipinski definition) is 1. The van der Waals surface area contributed by atoms with Crippen LogP contribution in [0.5, 0.6) is 0 Å². The Morgan fingerprint density at radius 3 is 1.49 bits per heavy atom. The third-order valence-corrected chi connectivity index (χ3v) is 13.1. The zero-order valence-corrected chi connectivity index (χ0v) is 35.8. The molecule has 0 aromatic heterocycles. The van der Waals surface area contributed by atoms with Crippen molar-refractivity contribution in [1.29, 1.82) is 0 Å². The molecule has 0 spiro atoms. The molecule has 65 heavy (non-hydrogen) atoms. The van der Waals surface area contributed by atoms with Crippen molar-refractivity contribution in [2.24, 2.45) is 0 Å². The van der Waals surface area contributed by atoms with Crippen molar-refractivity contribution in [3.63, 3.8) is 0 Å². The topological polar surface area (TPSA) is 3.24 Å². The van der Waals surface area contributed by atoms with Crippen LogP contribution in [-0.2, 0) is 0 Å². The van der Waals surface area contributed by atoms with Crippen molar-refractivity contribution in [3.8, 4) is 55.6 Å². The number of fused-ring (bicyclic) bond motifs is 5. The fourth-order valence-electron chi connectivity index (χ4n) is 9.97. The molecule has 0 heterocycles. The Balaban J connectivity index is 1.01. The summed E-state index contributed by atoms with van der Waals surface area (Å²) in [5, 5.41) is 10.0. The number of para-hydroxylation sites is 1. The van der Waals surface area contributed by atoms with Crippen molar-refractivity contribution >= 4 is 60.2 Å². The Bertz CT molecular complexity index is 3690. The molecule has 1 nitrogen and oxygen atoms in total. The second-order valence-corrected chi connectivity index (χ2v) is 16.8. The van der Waals surface area contributed by atoms with Crippen LogP contribution in [0.4, 0.5) is 17.1 Å². The van der Waals surface area contributed by atoms with E-state index in [1.165, 1.54) is 93.2 Å². The van der Waals surface area contributed by atoms with Gasteiger partial charge in [0.1, 0.15) is 0 Å². The molecule has 0 atom stereocenters. The Kier molecular flexibility index (Phi) is 9.58. The molecule has 304 valence electrons. The monoisotopic (exact) mass is 825 g/mol. The van der Waals surface area contributed by atoms with Gasteiger partial charge < -0.3 is 4.90 Å². The average molecular weight is 826 g/mol. The predicted molar refractivity (Wildman–Crippen MR) is 278 cm³/mol. The third-order valence-electron chi connectivity index (χ3n) is 13.1. The molecular weight excluding hydrogens is 783 g/mol. The van der Waals surface area contributed by atoms with Crippen LogP contribution in [0.25, 0.3) is 98.7 Å². The van der Waals surface area contributed by atoms with Gasteiger partial charge in [-0.25, -0.2) is 0 Å². The summed E-state index contributed by atoms with van der Waals surface area (Å²) < 4.78 is 0. The van der Waals surface area contributed by atoms with E-state index in [1.54, 1.807) is 0 Å². The summed E-state index contributed by atoms with van der Waals surface area (Å²) in [6.45, 7) is 0. The molecule has 0 radical (unpaired) electrons. The molecule has 0 amide bonds. The smallest absolute Gasteiger partial charge is 0.0540 e. The SMILES string of the molecule is c1ccc(-c2cccc3cccc(-c4ccccc4N(c4ccc(-c5ccc(-c6cccc7ccccc67)cc5)cc4)c4cccc(-c5cccc6c5ccc5ccccc56)c4)c23)cc1. The van der Waals surface area contributed by atoms with E-state index in [0.29, 0.717) is 0 Å². The standard InChI is InChI=1S/C64H43N/c1-2-15-47(16-3-1)58-29-12-20-50-21-13-31-62(64(50)58)61-26-8-9-32-63(61)65(53-23-10-22-51(43-53)57-28-14-30-59-56-25-7-5-18-48(56)39-42-60(57)59)52-40-37-45(38-41-52)44-33-35-49(36-34-44)55-27-11-19-46-17-4-6-24-54(46)55/h1-43H. The number of hydrogen-bond donors (Lipinski definition) is 0. The first-order valence-corrected chi connectivity index (χ1v) is 22.4. The van der Waals surface area contributed by atoms with Crippen LogP contribution in [0.2, 0.25) is 0 Å². The maximum absolute atomic E-state index is 2.44. The van der Waals surface area contributed by atoms with Crippen LogP contribution in [-0.4, -0.2) is 0 Å². The first-order chi connectivity index (χ1) is 32.2. The minimum atomic E-state index is 1.08. The number of anilines is 3. The maximum Gasteiger partial charge on any atom is 0.0540 e. The summed E-state index contributed by atoms with van der Waals surface area (Å²) in [6, 6.07) is 95.3. The Hall–Kier alpha value is -8.52. The predicted octanol–water partition coefficient (Wildman–Crippen LogP) is 18.1. The minimum Gasteiger partial charge on any atom is -0.310 e. The van der Waals surface area contributed by atoms with Gasteiger partial charge in [-0.05, 0) is 123 Å². The largest absolute Gasteiger partial charge is 0.310 e. The second kappa shape index (κ2) is 16.3. The van der Waals surface area contributed by atoms with E-state index in [1.807, 2.05) is 0 Å². The lowest BCUT2D eigenvalue weighted by Crippen LogP contribution is -2.11. The molecule has 0 aliphatic heterocycles. The van der Waals surface area contributed by atoms with Crippen LogP contribution in [0.15, 0.2) is 261 Å². The van der Waals surface area contributed by atoms with Crippen LogP contribution >= 0.6 is 0 Å². The molecule has 0 saturated carbocycles. The Morgan fingerprint density at radius 1 is 0.215 bits per heavy atom. The van der Waals surface area contributed by atoms with E-state index in [2.05, 4.69) is 266 Å². The van der Waals surface area contributed by atoms with Crippen LogP contribution in [0.1, 0.15) is 0 Å². The molecule has 0 N–H and O–H groups in total. The van der Waals surface area contributed by atoms with Gasteiger partial charge in [0.15, 0.2) is 0 Å². The van der Waals surface area contributed by atoms with Gasteiger partial charge in [-0.3, -0.25) is 0 Å². The number of nitrogens with zero attached hydrogens (tertiary/aromatic N) is 1. The van der Waals surface area contributed by atoms with Gasteiger partial charge >= 0.3 is 0 Å². The Labute approximate surface area is 379 Å². The fourth-order valence-corrected chi connectivity index (χ4v) is 9.97. The molecule has 12 rings (SSSR count). The first-order valence-electron chi connectivity index (χ1n) is 22.4. The second-order valence-electron chi connectivity index (χ2n) is 16.8. The van der Waals surface area contributed by atoms with Gasteiger partial charge in [0, 0.05) is 16.9 Å². The van der Waals surface area contributed by atoms with Crippen LogP contribution < -0.4 is 4.90 Å². The summed E-state index contributed by atoms with van der Waals surface area (Å²) in [6.07, 6.45) is 0. The summed E-state index contributed by atoms with van der Waals surface area (Å²) in [5.41, 5.74) is 15.3. The summed E-state index contributed by atoms with van der Waals surface area (Å²) in [4.78, 5) is 2.44. The normalized spacial score (nSPS) is 11.4. The molecular formula is C64H43N. The molecule has 0 unspecified atom stereocenters. The van der Waals surface area contributed by atoms with Gasteiger partial charge in [0.25, 0.3) is 0 Å². The Morgan fingerprint density at radius 2 is 0.708 bits per heavy atom. The van der Waals surface area contributed by atoms with Gasteiger partial charge in [-0.15, -0.1) is 0 Å². The lowest BCUT2D eigenvalue weighted by Gasteiger charge is -2.29. The highest BCUT2D eigenvalue weighted by Gasteiger charge is 2.21. The molecule has 0 aliphatic carbocycles. The lowest BCUT2D eigenvalue weighted by atomic mass is 9.90. The van der Waals surface area contributed by atoms with Crippen molar-refractivity contribution < 1.29 is 0 Å². The molecule has 0 bridgehead atoms. The summed E-state index contributed by atoms with van der Waals surface area (Å²) in [7, 11) is 0. The van der Waals surface area contributed by atoms with Crippen molar-refractivity contribution in [3.05, 3.63) is 261 Å². The van der Waals surface area contributed by atoms with Crippen molar-refractivity contribution in [1.82, 2.24) is 0 Å². The number of benzene rings is 12. The van der Waals surface area contributed by atoms with Crippen LogP contribution in [0, 0.1) is 0 Å². The lowest BCUT2D eigenvalue weighted by molar-refractivity contribution is 1.28. The van der Waals surface area contributed by atoms with E-state index in [9.17, 15) is 0 Å². The summed E-state index contributed by atoms with van der Waals surface area (Å²) in [5.74, 6) is 0. The molecule has 0 saturated heterocycles. The van der Waals surface area contributed by atoms with Gasteiger partial charge in [0.05, 0.1) is 5.69 Å². The van der Waals surface area contributed by atoms with Gasteiger partial charge in [-0.1, -0.05) is 231 Å². The molecule has 1 heteroatoms. The zero-order chi connectivity index (χ0) is 43.1. The maximum atomic E-state index is 2.44. The molecule has 12 aromatic carbocycles. The molecule has 0 aliphatic rings. The summed E-state index contributed by atoms with van der Waals surface area (Å²) >= 11 is 0. The van der Waals surface area contributed by atoms with Gasteiger partial charge in [0.2, 0.25) is 0 Å². The molecule has 0 fully saturated rings. The van der Waals surface area contributed by atoms with Crippen LogP contribution in [0.3, 0.4) is 0 Å². The quantitative estimate of drug-likeness (QED) is 0.138. The third kappa shape index (κ3) is 6.92. The van der Waals surface area contributed by atoms with E-state index in [0.717, 1.165) is 22.6 Å². The average Bonchev–Trinajstić information content (AvgIpc) is 3.39. The molecule has 12 aromatic rings. The van der Waals surface area contributed by atoms with E-state index in [-0.39, 0.29) is 0 Å². The first kappa shape index (κ1) is 38.2. The van der Waals surface area contributed by atoms with Crippen molar-refractivity contribution in [2.75, 3.05) is 4.90 Å². The highest BCUT2D eigenvalue weighted by molar-refractivity contribution is 6.13. The zero-order valence-electron chi connectivity index (χ0n) is 35.8. The highest BCUT2D eigenvalue weighted by Crippen LogP contribution is 2.46. The van der Waals surface area contributed by atoms with E-state index < -0.39 is 0 Å².